The average Bonchev–Trinajstić information content (AvgIpc) is 3.25. The fraction of sp³-hybridized carbons (Fsp3) is 0.318. The van der Waals surface area contributed by atoms with Crippen LogP contribution in [-0.2, 0) is 28.5 Å². The van der Waals surface area contributed by atoms with Gasteiger partial charge in [0.25, 0.3) is 0 Å². The van der Waals surface area contributed by atoms with E-state index in [1.807, 2.05) is 72.8 Å². The van der Waals surface area contributed by atoms with Crippen LogP contribution >= 0.6 is 35.0 Å². The van der Waals surface area contributed by atoms with Crippen LogP contribution in [0, 0.1) is 0 Å². The second-order valence-corrected chi connectivity index (χ2v) is 14.8. The summed E-state index contributed by atoms with van der Waals surface area (Å²) in [5.74, 6) is 1.05. The SMILES string of the molecule is COCCOc1ccccc1-c1c(C=CC(=O)N2CCOCC2)ccc(Sc2ccc(C=CC(=O)N3CCOCC3)c(-c3ccccc3OCCOC)c2Cl)c1Cl. The summed E-state index contributed by atoms with van der Waals surface area (Å²) < 4.78 is 33.7. The normalized spacial score (nSPS) is 14.7. The molecule has 2 saturated heterocycles. The number of rotatable bonds is 16. The molecule has 0 radical (unpaired) electrons. The van der Waals surface area contributed by atoms with E-state index in [0.29, 0.717) is 112 Å². The molecular formula is C44H46Cl2N2O8S. The van der Waals surface area contributed by atoms with Gasteiger partial charge in [0.1, 0.15) is 24.7 Å². The van der Waals surface area contributed by atoms with Gasteiger partial charge in [0, 0.05) is 84.6 Å². The molecule has 2 fully saturated rings. The van der Waals surface area contributed by atoms with Gasteiger partial charge in [0.05, 0.1) is 49.7 Å². The molecule has 13 heteroatoms. The van der Waals surface area contributed by atoms with Gasteiger partial charge in [-0.3, -0.25) is 9.59 Å². The first kappa shape index (κ1) is 42.3. The molecule has 2 aliphatic heterocycles. The Bertz CT molecular complexity index is 1920. The molecule has 0 aliphatic carbocycles. The van der Waals surface area contributed by atoms with Crippen LogP contribution in [0.2, 0.25) is 10.0 Å². The molecule has 0 unspecified atom stereocenters. The van der Waals surface area contributed by atoms with Crippen molar-refractivity contribution in [2.24, 2.45) is 0 Å². The summed E-state index contributed by atoms with van der Waals surface area (Å²) in [6, 6.07) is 23.1. The van der Waals surface area contributed by atoms with E-state index in [1.54, 1.807) is 48.3 Å². The Labute approximate surface area is 348 Å². The van der Waals surface area contributed by atoms with E-state index >= 15 is 0 Å². The molecule has 2 aliphatic rings. The fourth-order valence-electron chi connectivity index (χ4n) is 6.41. The minimum Gasteiger partial charge on any atom is -0.491 e. The number of carbonyl (C=O) groups is 2. The molecule has 10 nitrogen and oxygen atoms in total. The van der Waals surface area contributed by atoms with E-state index in [9.17, 15) is 9.59 Å². The minimum atomic E-state index is -0.102. The quantitative estimate of drug-likeness (QED) is 0.0817. The van der Waals surface area contributed by atoms with Crippen LogP contribution < -0.4 is 9.47 Å². The number of ether oxygens (including phenoxy) is 6. The number of hydrogen-bond donors (Lipinski definition) is 0. The molecule has 4 aromatic carbocycles. The lowest BCUT2D eigenvalue weighted by Gasteiger charge is -2.25. The number of para-hydroxylation sites is 2. The molecule has 57 heavy (non-hydrogen) atoms. The Morgan fingerprint density at radius 3 is 1.42 bits per heavy atom. The molecule has 2 amide bonds. The second kappa shape index (κ2) is 21.4. The highest BCUT2D eigenvalue weighted by atomic mass is 35.5. The van der Waals surface area contributed by atoms with Crippen LogP contribution in [0.25, 0.3) is 34.4 Å². The van der Waals surface area contributed by atoms with Gasteiger partial charge in [0.15, 0.2) is 0 Å². The van der Waals surface area contributed by atoms with Gasteiger partial charge in [-0.1, -0.05) is 83.5 Å². The molecule has 0 saturated carbocycles. The van der Waals surface area contributed by atoms with Crippen molar-refractivity contribution in [3.63, 3.8) is 0 Å². The average molecular weight is 834 g/mol. The predicted octanol–water partition coefficient (Wildman–Crippen LogP) is 8.27. The van der Waals surface area contributed by atoms with Crippen molar-refractivity contribution in [1.29, 1.82) is 0 Å². The number of hydrogen-bond acceptors (Lipinski definition) is 9. The summed E-state index contributed by atoms with van der Waals surface area (Å²) in [7, 11) is 3.25. The lowest BCUT2D eigenvalue weighted by Crippen LogP contribution is -2.39. The standard InChI is InChI=1S/C44H46Cl2N2O8S/c1-51-27-29-55-35-9-5-3-7-33(35)41-31(13-17-39(49)47-19-23-53-24-20-47)11-15-37(43(41)45)57-38-16-12-32(14-18-40(50)48-21-25-54-26-22-48)42(44(38)46)34-8-4-6-10-36(34)56-30-28-52-2/h3-18H,19-30H2,1-2H3. The molecule has 300 valence electrons. The minimum absolute atomic E-state index is 0.102. The van der Waals surface area contributed by atoms with E-state index in [2.05, 4.69) is 0 Å². The van der Waals surface area contributed by atoms with Crippen molar-refractivity contribution in [3.8, 4) is 33.8 Å². The maximum absolute atomic E-state index is 13.2. The maximum Gasteiger partial charge on any atom is 0.246 e. The van der Waals surface area contributed by atoms with E-state index < -0.39 is 0 Å². The monoisotopic (exact) mass is 832 g/mol. The Morgan fingerprint density at radius 1 is 0.614 bits per heavy atom. The van der Waals surface area contributed by atoms with E-state index in [-0.39, 0.29) is 11.8 Å². The highest BCUT2D eigenvalue weighted by molar-refractivity contribution is 7.99. The van der Waals surface area contributed by atoms with Crippen molar-refractivity contribution in [2.75, 3.05) is 93.3 Å². The molecule has 0 N–H and O–H groups in total. The first-order valence-corrected chi connectivity index (χ1v) is 20.3. The largest absolute Gasteiger partial charge is 0.491 e. The van der Waals surface area contributed by atoms with Gasteiger partial charge in [0.2, 0.25) is 11.8 Å². The number of halogens is 2. The van der Waals surface area contributed by atoms with Crippen LogP contribution in [-0.4, -0.2) is 115 Å². The Kier molecular flexibility index (Phi) is 15.9. The number of carbonyl (C=O) groups excluding carboxylic acids is 2. The number of morpholine rings is 2. The molecule has 0 bridgehead atoms. The van der Waals surface area contributed by atoms with Crippen molar-refractivity contribution in [2.45, 2.75) is 9.79 Å². The van der Waals surface area contributed by atoms with Crippen molar-refractivity contribution < 1.29 is 38.0 Å². The van der Waals surface area contributed by atoms with Crippen molar-refractivity contribution in [3.05, 3.63) is 106 Å². The van der Waals surface area contributed by atoms with Gasteiger partial charge < -0.3 is 38.2 Å². The maximum atomic E-state index is 13.2. The topological polar surface area (TPSA) is 96.0 Å². The highest BCUT2D eigenvalue weighted by Gasteiger charge is 2.22. The predicted molar refractivity (Wildman–Crippen MR) is 226 cm³/mol. The second-order valence-electron chi connectivity index (χ2n) is 13.0. The summed E-state index contributed by atoms with van der Waals surface area (Å²) in [6.07, 6.45) is 6.74. The lowest BCUT2D eigenvalue weighted by molar-refractivity contribution is -0.130. The first-order chi connectivity index (χ1) is 27.9. The summed E-state index contributed by atoms with van der Waals surface area (Å²) in [5.41, 5.74) is 4.42. The molecule has 4 aromatic rings. The summed E-state index contributed by atoms with van der Waals surface area (Å²) in [6.45, 7) is 5.68. The molecule has 0 atom stereocenters. The van der Waals surface area contributed by atoms with Gasteiger partial charge in [-0.15, -0.1) is 0 Å². The summed E-state index contributed by atoms with van der Waals surface area (Å²) in [4.78, 5) is 31.4. The van der Waals surface area contributed by atoms with E-state index in [0.717, 1.165) is 32.0 Å². The van der Waals surface area contributed by atoms with Crippen LogP contribution in [0.3, 0.4) is 0 Å². The number of nitrogens with zero attached hydrogens (tertiary/aromatic N) is 2. The van der Waals surface area contributed by atoms with Gasteiger partial charge in [-0.2, -0.15) is 0 Å². The van der Waals surface area contributed by atoms with Crippen molar-refractivity contribution in [1.82, 2.24) is 9.80 Å². The zero-order chi connectivity index (χ0) is 40.0. The number of methoxy groups -OCH3 is 2. The molecule has 0 aromatic heterocycles. The van der Waals surface area contributed by atoms with E-state index in [1.165, 1.54) is 11.8 Å². The Hall–Kier alpha value is -4.33. The van der Waals surface area contributed by atoms with Crippen LogP contribution in [0.4, 0.5) is 0 Å². The number of benzene rings is 4. The van der Waals surface area contributed by atoms with Crippen molar-refractivity contribution >= 4 is 58.9 Å². The smallest absolute Gasteiger partial charge is 0.246 e. The first-order valence-electron chi connectivity index (χ1n) is 18.7. The zero-order valence-corrected chi connectivity index (χ0v) is 34.4. The lowest BCUT2D eigenvalue weighted by atomic mass is 9.98. The number of amides is 2. The summed E-state index contributed by atoms with van der Waals surface area (Å²) >= 11 is 16.2. The fourth-order valence-corrected chi connectivity index (χ4v) is 8.09. The molecule has 6 rings (SSSR count). The van der Waals surface area contributed by atoms with Gasteiger partial charge in [-0.25, -0.2) is 0 Å². The molecule has 2 heterocycles. The summed E-state index contributed by atoms with van der Waals surface area (Å²) in [5, 5.41) is 0.925. The third-order valence-corrected chi connectivity index (χ3v) is 11.5. The van der Waals surface area contributed by atoms with E-state index in [4.69, 9.17) is 51.6 Å². The Balaban J connectivity index is 1.42. The van der Waals surface area contributed by atoms with Crippen LogP contribution in [0.5, 0.6) is 11.5 Å². The van der Waals surface area contributed by atoms with Crippen LogP contribution in [0.15, 0.2) is 94.7 Å². The third-order valence-electron chi connectivity index (χ3n) is 9.36. The van der Waals surface area contributed by atoms with Crippen LogP contribution in [0.1, 0.15) is 11.1 Å². The molecular weight excluding hydrogens is 787 g/mol. The highest BCUT2D eigenvalue weighted by Crippen LogP contribution is 2.48. The molecule has 0 spiro atoms. The van der Waals surface area contributed by atoms with Gasteiger partial charge in [-0.05, 0) is 47.5 Å². The zero-order valence-electron chi connectivity index (χ0n) is 32.0. The third kappa shape index (κ3) is 11.0. The Morgan fingerprint density at radius 2 is 1.02 bits per heavy atom. The van der Waals surface area contributed by atoms with Gasteiger partial charge >= 0.3 is 0 Å².